The number of hydrogen-bond acceptors (Lipinski definition) is 3. The Kier molecular flexibility index (Phi) is 7.27. The highest BCUT2D eigenvalue weighted by molar-refractivity contribution is 5.75. The molecule has 0 aromatic carbocycles. The molecule has 0 atom stereocenters. The predicted molar refractivity (Wildman–Crippen MR) is 48.8 cm³/mol. The minimum atomic E-state index is 0.135. The van der Waals surface area contributed by atoms with Crippen molar-refractivity contribution in [2.45, 2.75) is 12.8 Å². The molecule has 0 fully saturated rings. The van der Waals surface area contributed by atoms with Crippen LogP contribution in [0.15, 0.2) is 4.99 Å². The number of nitrogens with zero attached hydrogens (tertiary/aromatic N) is 1. The van der Waals surface area contributed by atoms with Crippen molar-refractivity contribution in [1.29, 1.82) is 0 Å². The maximum absolute atomic E-state index is 9.87. The SMILES string of the molecule is NC(N)=NCCCCNCC=O. The smallest absolute Gasteiger partial charge is 0.185 e. The number of hydrogen-bond donors (Lipinski definition) is 3. The second-order valence-corrected chi connectivity index (χ2v) is 2.38. The summed E-state index contributed by atoms with van der Waals surface area (Å²) in [6.45, 7) is 1.91. The molecule has 5 N–H and O–H groups in total. The van der Waals surface area contributed by atoms with E-state index < -0.39 is 0 Å². The molecule has 0 amide bonds. The molecule has 5 nitrogen and oxygen atoms in total. The maximum atomic E-state index is 9.87. The van der Waals surface area contributed by atoms with Gasteiger partial charge < -0.3 is 21.6 Å². The minimum absolute atomic E-state index is 0.135. The lowest BCUT2D eigenvalue weighted by Crippen LogP contribution is -2.23. The summed E-state index contributed by atoms with van der Waals surface area (Å²) in [5.74, 6) is 0.135. The Morgan fingerprint density at radius 1 is 1.42 bits per heavy atom. The Morgan fingerprint density at radius 3 is 2.75 bits per heavy atom. The molecule has 5 heteroatoms. The van der Waals surface area contributed by atoms with Crippen molar-refractivity contribution >= 4 is 12.2 Å². The predicted octanol–water partition coefficient (Wildman–Crippen LogP) is -1.17. The molecular formula is C7H16N4O. The maximum Gasteiger partial charge on any atom is 0.185 e. The van der Waals surface area contributed by atoms with Gasteiger partial charge in [0.15, 0.2) is 5.96 Å². The van der Waals surface area contributed by atoms with Crippen LogP contribution in [0.3, 0.4) is 0 Å². The Bertz CT molecular complexity index is 142. The van der Waals surface area contributed by atoms with E-state index in [0.717, 1.165) is 25.7 Å². The fourth-order valence-corrected chi connectivity index (χ4v) is 0.731. The molecule has 0 bridgehead atoms. The number of guanidine groups is 1. The summed E-state index contributed by atoms with van der Waals surface area (Å²) in [6.07, 6.45) is 2.75. The Labute approximate surface area is 72.2 Å². The number of aldehydes is 1. The van der Waals surface area contributed by atoms with Gasteiger partial charge in [0.2, 0.25) is 0 Å². The third-order valence-corrected chi connectivity index (χ3v) is 1.28. The van der Waals surface area contributed by atoms with Crippen molar-refractivity contribution in [3.63, 3.8) is 0 Å². The summed E-state index contributed by atoms with van der Waals surface area (Å²) in [6, 6.07) is 0. The van der Waals surface area contributed by atoms with E-state index in [1.807, 2.05) is 0 Å². The van der Waals surface area contributed by atoms with Crippen LogP contribution >= 0.6 is 0 Å². The summed E-state index contributed by atoms with van der Waals surface area (Å²) in [4.78, 5) is 13.7. The van der Waals surface area contributed by atoms with E-state index in [0.29, 0.717) is 13.1 Å². The molecule has 0 radical (unpaired) electrons. The zero-order valence-electron chi connectivity index (χ0n) is 7.12. The largest absolute Gasteiger partial charge is 0.370 e. The van der Waals surface area contributed by atoms with Gasteiger partial charge in [0.05, 0.1) is 6.54 Å². The molecule has 0 aliphatic carbocycles. The first-order valence-corrected chi connectivity index (χ1v) is 3.97. The molecule has 0 aromatic rings. The van der Waals surface area contributed by atoms with Gasteiger partial charge in [-0.3, -0.25) is 4.99 Å². The van der Waals surface area contributed by atoms with E-state index in [-0.39, 0.29) is 5.96 Å². The molecule has 0 aliphatic heterocycles. The van der Waals surface area contributed by atoms with Crippen molar-refractivity contribution in [2.75, 3.05) is 19.6 Å². The topological polar surface area (TPSA) is 93.5 Å². The van der Waals surface area contributed by atoms with Crippen molar-refractivity contribution in [1.82, 2.24) is 5.32 Å². The van der Waals surface area contributed by atoms with E-state index in [9.17, 15) is 4.79 Å². The zero-order chi connectivity index (χ0) is 9.23. The molecule has 0 aromatic heterocycles. The van der Waals surface area contributed by atoms with Gasteiger partial charge >= 0.3 is 0 Å². The van der Waals surface area contributed by atoms with Gasteiger partial charge in [0.25, 0.3) is 0 Å². The highest BCUT2D eigenvalue weighted by atomic mass is 16.1. The van der Waals surface area contributed by atoms with E-state index >= 15 is 0 Å². The summed E-state index contributed by atoms with van der Waals surface area (Å²) < 4.78 is 0. The van der Waals surface area contributed by atoms with Crippen LogP contribution in [0.1, 0.15) is 12.8 Å². The fourth-order valence-electron chi connectivity index (χ4n) is 0.731. The first-order chi connectivity index (χ1) is 5.77. The Morgan fingerprint density at radius 2 is 2.17 bits per heavy atom. The van der Waals surface area contributed by atoms with Crippen LogP contribution in [0.2, 0.25) is 0 Å². The van der Waals surface area contributed by atoms with Crippen molar-refractivity contribution in [3.8, 4) is 0 Å². The summed E-state index contributed by atoms with van der Waals surface area (Å²) in [5.41, 5.74) is 10.2. The van der Waals surface area contributed by atoms with Gasteiger partial charge in [-0.1, -0.05) is 0 Å². The van der Waals surface area contributed by atoms with E-state index in [2.05, 4.69) is 10.3 Å². The van der Waals surface area contributed by atoms with Crippen LogP contribution in [-0.4, -0.2) is 31.9 Å². The average molecular weight is 172 g/mol. The molecule has 0 spiro atoms. The number of nitrogens with two attached hydrogens (primary N) is 2. The summed E-state index contributed by atoms with van der Waals surface area (Å²) in [7, 11) is 0. The monoisotopic (exact) mass is 172 g/mol. The lowest BCUT2D eigenvalue weighted by atomic mass is 10.3. The van der Waals surface area contributed by atoms with Crippen LogP contribution < -0.4 is 16.8 Å². The van der Waals surface area contributed by atoms with Crippen LogP contribution in [0.25, 0.3) is 0 Å². The number of rotatable bonds is 7. The van der Waals surface area contributed by atoms with Crippen molar-refractivity contribution < 1.29 is 4.79 Å². The lowest BCUT2D eigenvalue weighted by Gasteiger charge is -1.98. The second kappa shape index (κ2) is 8.00. The zero-order valence-corrected chi connectivity index (χ0v) is 7.12. The van der Waals surface area contributed by atoms with E-state index in [4.69, 9.17) is 11.5 Å². The number of carbonyl (C=O) groups is 1. The van der Waals surface area contributed by atoms with Gasteiger partial charge in [0, 0.05) is 6.54 Å². The molecule has 0 rings (SSSR count). The average Bonchev–Trinajstić information content (AvgIpc) is 2.02. The highest BCUT2D eigenvalue weighted by Crippen LogP contribution is 1.86. The standard InChI is InChI=1S/C7H16N4O/c8-7(9)11-4-2-1-3-10-5-6-12/h6,10H,1-5H2,(H4,8,9,11). The van der Waals surface area contributed by atoms with Crippen LogP contribution in [0, 0.1) is 0 Å². The Balaban J connectivity index is 3.00. The first kappa shape index (κ1) is 10.9. The normalized spacial score (nSPS) is 9.33. The lowest BCUT2D eigenvalue weighted by molar-refractivity contribution is -0.107. The summed E-state index contributed by atoms with van der Waals surface area (Å²) >= 11 is 0. The third-order valence-electron chi connectivity index (χ3n) is 1.28. The van der Waals surface area contributed by atoms with E-state index in [1.165, 1.54) is 0 Å². The highest BCUT2D eigenvalue weighted by Gasteiger charge is 1.87. The number of carbonyl (C=O) groups excluding carboxylic acids is 1. The van der Waals surface area contributed by atoms with Crippen LogP contribution in [0.4, 0.5) is 0 Å². The quantitative estimate of drug-likeness (QED) is 0.195. The number of unbranched alkanes of at least 4 members (excludes halogenated alkanes) is 1. The fraction of sp³-hybridized carbons (Fsp3) is 0.714. The molecule has 0 saturated carbocycles. The molecule has 0 unspecified atom stereocenters. The van der Waals surface area contributed by atoms with Crippen molar-refractivity contribution in [2.24, 2.45) is 16.5 Å². The molecule has 12 heavy (non-hydrogen) atoms. The number of nitrogens with one attached hydrogen (secondary N) is 1. The molecule has 0 aliphatic rings. The molecular weight excluding hydrogens is 156 g/mol. The molecule has 0 heterocycles. The van der Waals surface area contributed by atoms with Crippen LogP contribution in [0.5, 0.6) is 0 Å². The second-order valence-electron chi connectivity index (χ2n) is 2.38. The van der Waals surface area contributed by atoms with Crippen LogP contribution in [-0.2, 0) is 4.79 Å². The number of aliphatic imine (C=N–C) groups is 1. The van der Waals surface area contributed by atoms with Gasteiger partial charge in [-0.25, -0.2) is 0 Å². The van der Waals surface area contributed by atoms with Crippen molar-refractivity contribution in [3.05, 3.63) is 0 Å². The van der Waals surface area contributed by atoms with E-state index in [1.54, 1.807) is 0 Å². The third kappa shape index (κ3) is 8.90. The molecule has 70 valence electrons. The van der Waals surface area contributed by atoms with Gasteiger partial charge in [-0.05, 0) is 19.4 Å². The minimum Gasteiger partial charge on any atom is -0.370 e. The first-order valence-electron chi connectivity index (χ1n) is 3.97. The summed E-state index contributed by atoms with van der Waals surface area (Å²) in [5, 5.41) is 2.94. The molecule has 0 saturated heterocycles. The van der Waals surface area contributed by atoms with Gasteiger partial charge in [0.1, 0.15) is 6.29 Å². The van der Waals surface area contributed by atoms with Gasteiger partial charge in [-0.15, -0.1) is 0 Å². The van der Waals surface area contributed by atoms with Gasteiger partial charge in [-0.2, -0.15) is 0 Å². The Hall–Kier alpha value is -1.10.